The molecule has 1 aliphatic rings. The fourth-order valence-corrected chi connectivity index (χ4v) is 4.01. The van der Waals surface area contributed by atoms with Crippen LogP contribution < -0.4 is 15.5 Å². The minimum Gasteiger partial charge on any atom is -0.363 e. The van der Waals surface area contributed by atoms with Crippen molar-refractivity contribution in [2.45, 2.75) is 32.0 Å². The lowest BCUT2D eigenvalue weighted by Crippen LogP contribution is -2.33. The maximum absolute atomic E-state index is 13.3. The number of amides is 1. The number of hydrogen-bond donors (Lipinski definition) is 2. The first kappa shape index (κ1) is 26.4. The molecule has 3 aromatic rings. The third-order valence-electron chi connectivity index (χ3n) is 6.18. The summed E-state index contributed by atoms with van der Waals surface area (Å²) in [7, 11) is 3.71. The monoisotopic (exact) mass is 531 g/mol. The van der Waals surface area contributed by atoms with Gasteiger partial charge < -0.3 is 15.5 Å². The van der Waals surface area contributed by atoms with Crippen LogP contribution >= 0.6 is 11.6 Å². The first-order chi connectivity index (χ1) is 17.5. The van der Waals surface area contributed by atoms with Crippen molar-refractivity contribution in [3.8, 4) is 0 Å². The van der Waals surface area contributed by atoms with E-state index < -0.39 is 17.2 Å². The molecule has 0 spiro atoms. The van der Waals surface area contributed by atoms with E-state index in [4.69, 9.17) is 11.6 Å². The van der Waals surface area contributed by atoms with Gasteiger partial charge in [0.05, 0.1) is 40.8 Å². The number of halogens is 4. The molecule has 37 heavy (non-hydrogen) atoms. The maximum Gasteiger partial charge on any atom is 0.418 e. The van der Waals surface area contributed by atoms with Crippen molar-refractivity contribution in [3.63, 3.8) is 0 Å². The third kappa shape index (κ3) is 6.37. The summed E-state index contributed by atoms with van der Waals surface area (Å²) in [5, 5.41) is 5.52. The Balaban J connectivity index is 1.33. The van der Waals surface area contributed by atoms with Crippen molar-refractivity contribution in [2.75, 3.05) is 24.3 Å². The molecule has 1 fully saturated rings. The Kier molecular flexibility index (Phi) is 7.40. The number of pyridine rings is 2. The quantitative estimate of drug-likeness (QED) is 0.348. The fraction of sp³-hybridized carbons (Fsp3) is 0.308. The average molecular weight is 532 g/mol. The Hall–Kier alpha value is -3.66. The van der Waals surface area contributed by atoms with Gasteiger partial charge in [0, 0.05) is 37.3 Å². The summed E-state index contributed by atoms with van der Waals surface area (Å²) in [4.78, 5) is 35.9. The van der Waals surface area contributed by atoms with E-state index in [1.807, 2.05) is 19.0 Å². The molecule has 2 heterocycles. The minimum atomic E-state index is -4.57. The largest absolute Gasteiger partial charge is 0.418 e. The number of alkyl halides is 3. The molecule has 11 heteroatoms. The van der Waals surface area contributed by atoms with Gasteiger partial charge in [-0.25, -0.2) is 4.98 Å². The van der Waals surface area contributed by atoms with Gasteiger partial charge in [-0.2, -0.15) is 13.2 Å². The van der Waals surface area contributed by atoms with Gasteiger partial charge >= 0.3 is 6.18 Å². The zero-order chi connectivity index (χ0) is 26.8. The lowest BCUT2D eigenvalue weighted by molar-refractivity contribution is -0.137. The Labute approximate surface area is 217 Å². The van der Waals surface area contributed by atoms with Gasteiger partial charge in [-0.15, -0.1) is 0 Å². The number of anilines is 3. The lowest BCUT2D eigenvalue weighted by atomic mass is 9.95. The van der Waals surface area contributed by atoms with E-state index in [1.54, 1.807) is 24.3 Å². The topological polar surface area (TPSA) is 87.2 Å². The second-order valence-corrected chi connectivity index (χ2v) is 9.65. The van der Waals surface area contributed by atoms with Gasteiger partial charge in [0.25, 0.3) is 0 Å². The van der Waals surface area contributed by atoms with E-state index in [9.17, 15) is 22.8 Å². The molecule has 1 aromatic carbocycles. The van der Waals surface area contributed by atoms with Crippen molar-refractivity contribution in [3.05, 3.63) is 76.7 Å². The molecular weight excluding hydrogens is 507 g/mol. The molecule has 7 nitrogen and oxygen atoms in total. The number of nitrogens with zero attached hydrogens (tertiary/aromatic N) is 3. The molecule has 1 amide bonds. The number of carbonyl (C=O) groups is 2. The number of carbonyl (C=O) groups excluding carboxylic acids is 2. The highest BCUT2D eigenvalue weighted by atomic mass is 35.5. The second-order valence-electron chi connectivity index (χ2n) is 9.21. The molecule has 0 aliphatic heterocycles. The van der Waals surface area contributed by atoms with Crippen LogP contribution in [0.5, 0.6) is 0 Å². The lowest BCUT2D eigenvalue weighted by Gasteiger charge is -2.16. The molecular formula is C26H25ClF3N5O2. The number of benzene rings is 1. The summed E-state index contributed by atoms with van der Waals surface area (Å²) in [6, 6.07) is 10.1. The number of aromatic nitrogens is 2. The van der Waals surface area contributed by atoms with E-state index >= 15 is 0 Å². The van der Waals surface area contributed by atoms with Crippen LogP contribution in [-0.4, -0.2) is 35.8 Å². The highest BCUT2D eigenvalue weighted by Gasteiger charge is 2.51. The standard InChI is InChI=1S/C26H25ClF3N5O2/c1-35(2)23-8-3-16(13-32-23)22(36)12-25(9-10-25)24(37)33-14-18-5-6-19(15-31-18)34-21-7-4-17(27)11-20(21)26(28,29)30/h3-8,11,13,15,34H,9-10,12,14H2,1-2H3,(H,33,37). The van der Waals surface area contributed by atoms with Crippen LogP contribution in [0.15, 0.2) is 54.9 Å². The molecule has 0 saturated heterocycles. The minimum absolute atomic E-state index is 0.0175. The molecule has 4 rings (SSSR count). The van der Waals surface area contributed by atoms with E-state index in [-0.39, 0.29) is 35.4 Å². The van der Waals surface area contributed by atoms with Gasteiger partial charge in [0.15, 0.2) is 5.78 Å². The van der Waals surface area contributed by atoms with Crippen molar-refractivity contribution in [1.29, 1.82) is 0 Å². The SMILES string of the molecule is CN(C)c1ccc(C(=O)CC2(C(=O)NCc3ccc(Nc4ccc(Cl)cc4C(F)(F)F)cn3)CC2)cn1. The van der Waals surface area contributed by atoms with Crippen molar-refractivity contribution < 1.29 is 22.8 Å². The zero-order valence-electron chi connectivity index (χ0n) is 20.2. The van der Waals surface area contributed by atoms with E-state index in [1.165, 1.54) is 24.5 Å². The summed E-state index contributed by atoms with van der Waals surface area (Å²) in [5.41, 5.74) is -0.431. The van der Waals surface area contributed by atoms with Gasteiger partial charge in [0.1, 0.15) is 5.82 Å². The first-order valence-corrected chi connectivity index (χ1v) is 11.9. The molecule has 2 aromatic heterocycles. The molecule has 1 saturated carbocycles. The molecule has 1 aliphatic carbocycles. The van der Waals surface area contributed by atoms with Crippen LogP contribution in [0.1, 0.15) is 40.9 Å². The van der Waals surface area contributed by atoms with Crippen molar-refractivity contribution in [2.24, 2.45) is 5.41 Å². The number of rotatable bonds is 9. The first-order valence-electron chi connectivity index (χ1n) is 11.5. The Morgan fingerprint density at radius 1 is 1.05 bits per heavy atom. The Bertz CT molecular complexity index is 1290. The number of ketones is 1. The average Bonchev–Trinajstić information content (AvgIpc) is 3.64. The van der Waals surface area contributed by atoms with Gasteiger partial charge in [-0.3, -0.25) is 14.6 Å². The summed E-state index contributed by atoms with van der Waals surface area (Å²) >= 11 is 5.72. The number of hydrogen-bond acceptors (Lipinski definition) is 6. The van der Waals surface area contributed by atoms with Crippen LogP contribution in [-0.2, 0) is 17.5 Å². The molecule has 0 unspecified atom stereocenters. The van der Waals surface area contributed by atoms with Crippen molar-refractivity contribution >= 4 is 40.5 Å². The molecule has 194 valence electrons. The highest BCUT2D eigenvalue weighted by Crippen LogP contribution is 2.49. The summed E-state index contributed by atoms with van der Waals surface area (Å²) in [6.07, 6.45) is -0.332. The third-order valence-corrected chi connectivity index (χ3v) is 6.42. The number of Topliss-reactive ketones (excluding diaryl/α,β-unsaturated/α-hetero) is 1. The van der Waals surface area contributed by atoms with Gasteiger partial charge in [-0.1, -0.05) is 11.6 Å². The second kappa shape index (κ2) is 10.4. The summed E-state index contributed by atoms with van der Waals surface area (Å²) < 4.78 is 39.9. The predicted octanol–water partition coefficient (Wildman–Crippen LogP) is 5.63. The summed E-state index contributed by atoms with van der Waals surface area (Å²) in [6.45, 7) is 0.128. The van der Waals surface area contributed by atoms with E-state index in [2.05, 4.69) is 20.6 Å². The molecule has 0 bridgehead atoms. The number of nitrogens with one attached hydrogen (secondary N) is 2. The van der Waals surface area contributed by atoms with Crippen LogP contribution in [0.2, 0.25) is 5.02 Å². The summed E-state index contributed by atoms with van der Waals surface area (Å²) in [5.74, 6) is 0.372. The van der Waals surface area contributed by atoms with Crippen LogP contribution in [0, 0.1) is 5.41 Å². The van der Waals surface area contributed by atoms with E-state index in [0.29, 0.717) is 29.8 Å². The van der Waals surface area contributed by atoms with Gasteiger partial charge in [-0.05, 0) is 55.3 Å². The molecule has 0 atom stereocenters. The predicted molar refractivity (Wildman–Crippen MR) is 135 cm³/mol. The van der Waals surface area contributed by atoms with Gasteiger partial charge in [0.2, 0.25) is 5.91 Å². The molecule has 2 N–H and O–H groups in total. The maximum atomic E-state index is 13.3. The fourth-order valence-electron chi connectivity index (χ4n) is 3.84. The zero-order valence-corrected chi connectivity index (χ0v) is 21.0. The molecule has 0 radical (unpaired) electrons. The van der Waals surface area contributed by atoms with E-state index in [0.717, 1.165) is 11.9 Å². The van der Waals surface area contributed by atoms with Crippen LogP contribution in [0.3, 0.4) is 0 Å². The van der Waals surface area contributed by atoms with Crippen molar-refractivity contribution in [1.82, 2.24) is 15.3 Å². The highest BCUT2D eigenvalue weighted by molar-refractivity contribution is 6.30. The Morgan fingerprint density at radius 2 is 1.81 bits per heavy atom. The van der Waals surface area contributed by atoms with Crippen LogP contribution in [0.25, 0.3) is 0 Å². The smallest absolute Gasteiger partial charge is 0.363 e. The Morgan fingerprint density at radius 3 is 2.38 bits per heavy atom. The normalized spacial score (nSPS) is 14.1. The van der Waals surface area contributed by atoms with Crippen LogP contribution in [0.4, 0.5) is 30.4 Å².